The van der Waals surface area contributed by atoms with Gasteiger partial charge in [-0.2, -0.15) is 0 Å². The molecule has 0 heterocycles. The fraction of sp³-hybridized carbons (Fsp3) is 0.846. The third-order valence-corrected chi connectivity index (χ3v) is 5.51. The highest BCUT2D eigenvalue weighted by Gasteiger charge is 2.06. The molecule has 0 N–H and O–H groups in total. The molecule has 0 radical (unpaired) electrons. The molecule has 0 rings (SSSR count). The van der Waals surface area contributed by atoms with Gasteiger partial charge in [-0.15, -0.1) is 0 Å². The van der Waals surface area contributed by atoms with Crippen molar-refractivity contribution in [2.45, 2.75) is 51.6 Å². The van der Waals surface area contributed by atoms with E-state index >= 15 is 0 Å². The Morgan fingerprint density at radius 2 is 1.94 bits per heavy atom. The van der Waals surface area contributed by atoms with E-state index in [-0.39, 0.29) is 6.10 Å². The molecule has 102 valence electrons. The van der Waals surface area contributed by atoms with Gasteiger partial charge in [0.2, 0.25) is 0 Å². The predicted octanol–water partition coefficient (Wildman–Crippen LogP) is 5.09. The number of hydrogen-bond donors (Lipinski definition) is 0. The van der Waals surface area contributed by atoms with Crippen LogP contribution in [0.15, 0.2) is 9.66 Å². The number of allylic oxidation sites excluding steroid dienone is 1. The van der Waals surface area contributed by atoms with E-state index in [1.54, 1.807) is 7.11 Å². The van der Waals surface area contributed by atoms with Crippen molar-refractivity contribution >= 4 is 45.2 Å². The standard InChI is InChI=1S/C13H24I2O2/c1-3-4-5-6-7-8-13(17-11-16-2)9-12(15)10-14/h9,13H,3-8,10-11H2,1-2H3/b12-9-. The molecule has 0 aromatic heterocycles. The highest BCUT2D eigenvalue weighted by atomic mass is 127. The summed E-state index contributed by atoms with van der Waals surface area (Å²) in [6.45, 7) is 2.64. The van der Waals surface area contributed by atoms with Gasteiger partial charge in [0, 0.05) is 11.5 Å². The lowest BCUT2D eigenvalue weighted by Gasteiger charge is -2.14. The Hall–Kier alpha value is 1.12. The molecular formula is C13H24I2O2. The fourth-order valence-electron chi connectivity index (χ4n) is 1.57. The average Bonchev–Trinajstić information content (AvgIpc) is 2.35. The Morgan fingerprint density at radius 3 is 2.53 bits per heavy atom. The molecule has 2 nitrogen and oxygen atoms in total. The first-order valence-electron chi connectivity index (χ1n) is 6.27. The van der Waals surface area contributed by atoms with Crippen LogP contribution in [0.25, 0.3) is 0 Å². The Kier molecular flexibility index (Phi) is 14.4. The molecule has 1 atom stereocenters. The van der Waals surface area contributed by atoms with Gasteiger partial charge >= 0.3 is 0 Å². The molecule has 0 aromatic carbocycles. The molecule has 0 amide bonds. The van der Waals surface area contributed by atoms with E-state index in [4.69, 9.17) is 9.47 Å². The highest BCUT2D eigenvalue weighted by molar-refractivity contribution is 14.1. The number of unbranched alkanes of at least 4 members (excludes halogenated alkanes) is 4. The van der Waals surface area contributed by atoms with Gasteiger partial charge in [0.15, 0.2) is 0 Å². The van der Waals surface area contributed by atoms with Gasteiger partial charge in [0.1, 0.15) is 6.79 Å². The SMILES string of the molecule is CCCCCCCC(/C=C(\I)CI)OCOC. The van der Waals surface area contributed by atoms with Crippen molar-refractivity contribution in [3.63, 3.8) is 0 Å². The highest BCUT2D eigenvalue weighted by Crippen LogP contribution is 2.16. The van der Waals surface area contributed by atoms with Gasteiger partial charge < -0.3 is 9.47 Å². The van der Waals surface area contributed by atoms with Crippen LogP contribution in [0.2, 0.25) is 0 Å². The average molecular weight is 466 g/mol. The van der Waals surface area contributed by atoms with Gasteiger partial charge in [0.25, 0.3) is 0 Å². The maximum absolute atomic E-state index is 5.66. The van der Waals surface area contributed by atoms with Crippen molar-refractivity contribution in [2.75, 3.05) is 18.3 Å². The molecule has 4 heteroatoms. The number of hydrogen-bond acceptors (Lipinski definition) is 2. The fourth-order valence-corrected chi connectivity index (χ4v) is 2.22. The number of rotatable bonds is 11. The molecule has 0 spiro atoms. The molecule has 0 saturated heterocycles. The molecule has 1 unspecified atom stereocenters. The summed E-state index contributed by atoms with van der Waals surface area (Å²) < 4.78 is 13.1. The minimum atomic E-state index is 0.221. The summed E-state index contributed by atoms with van der Waals surface area (Å²) in [5.74, 6) is 0. The Bertz CT molecular complexity index is 196. The van der Waals surface area contributed by atoms with Gasteiger partial charge in [-0.05, 0) is 38.7 Å². The summed E-state index contributed by atoms with van der Waals surface area (Å²) in [6, 6.07) is 0. The van der Waals surface area contributed by atoms with E-state index in [0.717, 1.165) is 10.8 Å². The third kappa shape index (κ3) is 11.9. The zero-order chi connectivity index (χ0) is 12.9. The molecule has 17 heavy (non-hydrogen) atoms. The zero-order valence-electron chi connectivity index (χ0n) is 10.9. The lowest BCUT2D eigenvalue weighted by Crippen LogP contribution is -2.12. The van der Waals surface area contributed by atoms with Gasteiger partial charge in [-0.1, -0.05) is 61.6 Å². The quantitative estimate of drug-likeness (QED) is 0.183. The van der Waals surface area contributed by atoms with E-state index in [1.807, 2.05) is 0 Å². The van der Waals surface area contributed by atoms with E-state index in [0.29, 0.717) is 6.79 Å². The Morgan fingerprint density at radius 1 is 1.24 bits per heavy atom. The van der Waals surface area contributed by atoms with E-state index in [9.17, 15) is 0 Å². The minimum absolute atomic E-state index is 0.221. The second-order valence-electron chi connectivity index (χ2n) is 4.06. The molecule has 0 fully saturated rings. The summed E-state index contributed by atoms with van der Waals surface area (Å²) in [6.07, 6.45) is 10.1. The van der Waals surface area contributed by atoms with Crippen molar-refractivity contribution < 1.29 is 9.47 Å². The van der Waals surface area contributed by atoms with E-state index < -0.39 is 0 Å². The molecule has 0 aromatic rings. The molecule has 0 aliphatic rings. The topological polar surface area (TPSA) is 18.5 Å². The van der Waals surface area contributed by atoms with Crippen molar-refractivity contribution in [2.24, 2.45) is 0 Å². The van der Waals surface area contributed by atoms with Crippen LogP contribution in [-0.2, 0) is 9.47 Å². The largest absolute Gasteiger partial charge is 0.359 e. The number of ether oxygens (including phenoxy) is 2. The second-order valence-corrected chi connectivity index (χ2v) is 6.21. The van der Waals surface area contributed by atoms with Crippen molar-refractivity contribution in [3.8, 4) is 0 Å². The minimum Gasteiger partial charge on any atom is -0.359 e. The van der Waals surface area contributed by atoms with Crippen molar-refractivity contribution in [3.05, 3.63) is 9.66 Å². The van der Waals surface area contributed by atoms with Crippen LogP contribution in [0.4, 0.5) is 0 Å². The number of methoxy groups -OCH3 is 1. The van der Waals surface area contributed by atoms with Gasteiger partial charge in [0.05, 0.1) is 6.10 Å². The summed E-state index contributed by atoms with van der Waals surface area (Å²) >= 11 is 4.76. The number of halogens is 2. The second kappa shape index (κ2) is 13.5. The monoisotopic (exact) mass is 466 g/mol. The molecule has 0 saturated carbocycles. The summed E-state index contributed by atoms with van der Waals surface area (Å²) in [5, 5.41) is 0. The molecular weight excluding hydrogens is 442 g/mol. The van der Waals surface area contributed by atoms with Crippen LogP contribution < -0.4 is 0 Å². The Balaban J connectivity index is 3.85. The van der Waals surface area contributed by atoms with Crippen molar-refractivity contribution in [1.29, 1.82) is 0 Å². The van der Waals surface area contributed by atoms with Crippen LogP contribution in [-0.4, -0.2) is 24.4 Å². The first-order chi connectivity index (χ1) is 8.24. The first kappa shape index (κ1) is 18.1. The van der Waals surface area contributed by atoms with Gasteiger partial charge in [-0.25, -0.2) is 0 Å². The van der Waals surface area contributed by atoms with Crippen LogP contribution in [0.5, 0.6) is 0 Å². The normalized spacial score (nSPS) is 14.0. The summed E-state index contributed by atoms with van der Waals surface area (Å²) in [5.41, 5.74) is 0. The van der Waals surface area contributed by atoms with Crippen molar-refractivity contribution in [1.82, 2.24) is 0 Å². The first-order valence-corrected chi connectivity index (χ1v) is 8.87. The van der Waals surface area contributed by atoms with Crippen LogP contribution in [0.3, 0.4) is 0 Å². The maximum Gasteiger partial charge on any atom is 0.147 e. The third-order valence-electron chi connectivity index (χ3n) is 2.49. The number of alkyl halides is 1. The zero-order valence-corrected chi connectivity index (χ0v) is 15.2. The van der Waals surface area contributed by atoms with Gasteiger partial charge in [-0.3, -0.25) is 0 Å². The van der Waals surface area contributed by atoms with E-state index in [1.165, 1.54) is 35.7 Å². The molecule has 0 bridgehead atoms. The van der Waals surface area contributed by atoms with E-state index in [2.05, 4.69) is 58.2 Å². The summed E-state index contributed by atoms with van der Waals surface area (Å²) in [4.78, 5) is 0. The lowest BCUT2D eigenvalue weighted by atomic mass is 10.1. The molecule has 0 aliphatic heterocycles. The maximum atomic E-state index is 5.66. The van der Waals surface area contributed by atoms with Crippen LogP contribution in [0.1, 0.15) is 45.4 Å². The Labute approximate surface area is 133 Å². The smallest absolute Gasteiger partial charge is 0.147 e. The molecule has 0 aliphatic carbocycles. The summed E-state index contributed by atoms with van der Waals surface area (Å²) in [7, 11) is 1.67. The lowest BCUT2D eigenvalue weighted by molar-refractivity contribution is -0.0580. The predicted molar refractivity (Wildman–Crippen MR) is 91.1 cm³/mol. The van der Waals surface area contributed by atoms with Crippen LogP contribution >= 0.6 is 45.2 Å². The van der Waals surface area contributed by atoms with Crippen LogP contribution in [0, 0.1) is 0 Å².